The van der Waals surface area contributed by atoms with Crippen LogP contribution in [-0.2, 0) is 14.8 Å². The molecule has 0 spiro atoms. The van der Waals surface area contributed by atoms with E-state index in [1.165, 1.54) is 0 Å². The predicted octanol–water partition coefficient (Wildman–Crippen LogP) is 1.14. The molecule has 1 amide bonds. The largest absolute Gasteiger partial charge is 0.323 e. The van der Waals surface area contributed by atoms with Crippen molar-refractivity contribution in [1.82, 2.24) is 5.32 Å². The Morgan fingerprint density at radius 1 is 1.25 bits per heavy atom. The van der Waals surface area contributed by atoms with Gasteiger partial charge in [0.15, 0.2) is 0 Å². The number of amides is 1. The lowest BCUT2D eigenvalue weighted by Crippen LogP contribution is -2.43. The number of hydrogen-bond donors (Lipinski definition) is 3. The van der Waals surface area contributed by atoms with Gasteiger partial charge in [-0.25, -0.2) is 8.42 Å². The number of carbonyl (C=O) groups is 1. The first-order chi connectivity index (χ1) is 9.46. The van der Waals surface area contributed by atoms with E-state index in [-0.39, 0.29) is 11.9 Å². The van der Waals surface area contributed by atoms with Crippen LogP contribution in [0.4, 0.5) is 11.4 Å². The van der Waals surface area contributed by atoms with Gasteiger partial charge in [-0.2, -0.15) is 0 Å². The molecule has 3 N–H and O–H groups in total. The van der Waals surface area contributed by atoms with Crippen molar-refractivity contribution < 1.29 is 13.2 Å². The maximum atomic E-state index is 12.1. The van der Waals surface area contributed by atoms with Crippen LogP contribution in [0.15, 0.2) is 24.3 Å². The minimum atomic E-state index is -3.38. The van der Waals surface area contributed by atoms with Gasteiger partial charge in [0.25, 0.3) is 0 Å². The molecule has 1 aliphatic heterocycles. The summed E-state index contributed by atoms with van der Waals surface area (Å²) in [6.07, 6.45) is 3.98. The molecule has 0 aliphatic carbocycles. The zero-order chi connectivity index (χ0) is 14.6. The molecule has 110 valence electrons. The number of nitrogens with one attached hydrogen (secondary N) is 3. The van der Waals surface area contributed by atoms with Crippen LogP contribution in [0.2, 0.25) is 0 Å². The van der Waals surface area contributed by atoms with Gasteiger partial charge in [0.05, 0.1) is 23.7 Å². The third-order valence-electron chi connectivity index (χ3n) is 3.11. The molecule has 1 aliphatic rings. The summed E-state index contributed by atoms with van der Waals surface area (Å²) in [4.78, 5) is 12.1. The second kappa shape index (κ2) is 6.23. The molecule has 1 aromatic rings. The highest BCUT2D eigenvalue weighted by molar-refractivity contribution is 7.92. The quantitative estimate of drug-likeness (QED) is 0.777. The van der Waals surface area contributed by atoms with Gasteiger partial charge in [0.1, 0.15) is 0 Å². The highest BCUT2D eigenvalue weighted by atomic mass is 32.2. The number of anilines is 2. The van der Waals surface area contributed by atoms with Crippen LogP contribution in [0, 0.1) is 0 Å². The van der Waals surface area contributed by atoms with Crippen molar-refractivity contribution in [2.45, 2.75) is 25.3 Å². The average molecular weight is 297 g/mol. The minimum Gasteiger partial charge on any atom is -0.323 e. The Labute approximate surface area is 119 Å². The van der Waals surface area contributed by atoms with Crippen molar-refractivity contribution in [2.75, 3.05) is 22.8 Å². The molecule has 0 saturated carbocycles. The van der Waals surface area contributed by atoms with E-state index in [1.807, 2.05) is 0 Å². The van der Waals surface area contributed by atoms with E-state index in [4.69, 9.17) is 0 Å². The molecule has 1 saturated heterocycles. The van der Waals surface area contributed by atoms with Gasteiger partial charge >= 0.3 is 0 Å². The topological polar surface area (TPSA) is 87.3 Å². The Hall–Kier alpha value is -1.60. The summed E-state index contributed by atoms with van der Waals surface area (Å²) in [6.45, 7) is 0.835. The van der Waals surface area contributed by atoms with E-state index in [0.29, 0.717) is 11.4 Å². The number of rotatable bonds is 4. The number of para-hydroxylation sites is 2. The van der Waals surface area contributed by atoms with E-state index >= 15 is 0 Å². The van der Waals surface area contributed by atoms with E-state index in [1.54, 1.807) is 24.3 Å². The highest BCUT2D eigenvalue weighted by Crippen LogP contribution is 2.22. The molecular formula is C13H19N3O3S. The normalized spacial score (nSPS) is 19.4. The average Bonchev–Trinajstić information content (AvgIpc) is 2.40. The van der Waals surface area contributed by atoms with Gasteiger partial charge in [0, 0.05) is 0 Å². The van der Waals surface area contributed by atoms with E-state index < -0.39 is 10.0 Å². The number of piperidine rings is 1. The molecule has 6 nitrogen and oxygen atoms in total. The molecule has 1 aromatic carbocycles. The van der Waals surface area contributed by atoms with Crippen molar-refractivity contribution in [3.63, 3.8) is 0 Å². The second-order valence-electron chi connectivity index (χ2n) is 4.91. The van der Waals surface area contributed by atoms with Crippen LogP contribution >= 0.6 is 0 Å². The number of hydrogen-bond acceptors (Lipinski definition) is 4. The molecule has 2 rings (SSSR count). The molecule has 7 heteroatoms. The molecule has 1 heterocycles. The van der Waals surface area contributed by atoms with E-state index in [9.17, 15) is 13.2 Å². The van der Waals surface area contributed by atoms with E-state index in [2.05, 4.69) is 15.4 Å². The molecule has 0 aromatic heterocycles. The highest BCUT2D eigenvalue weighted by Gasteiger charge is 2.21. The zero-order valence-electron chi connectivity index (χ0n) is 11.3. The first-order valence-electron chi connectivity index (χ1n) is 6.57. The summed E-state index contributed by atoms with van der Waals surface area (Å²) in [6, 6.07) is 6.54. The Morgan fingerprint density at radius 2 is 1.95 bits per heavy atom. The second-order valence-corrected chi connectivity index (χ2v) is 6.66. The van der Waals surface area contributed by atoms with E-state index in [0.717, 1.165) is 32.1 Å². The van der Waals surface area contributed by atoms with Gasteiger partial charge in [-0.1, -0.05) is 18.6 Å². The molecule has 0 bridgehead atoms. The first-order valence-corrected chi connectivity index (χ1v) is 8.46. The monoisotopic (exact) mass is 297 g/mol. The van der Waals surface area contributed by atoms with Crippen molar-refractivity contribution >= 4 is 27.3 Å². The lowest BCUT2D eigenvalue weighted by atomic mass is 10.0. The van der Waals surface area contributed by atoms with Crippen LogP contribution in [0.25, 0.3) is 0 Å². The van der Waals surface area contributed by atoms with Crippen molar-refractivity contribution in [2.24, 2.45) is 0 Å². The molecular weight excluding hydrogens is 278 g/mol. The Bertz CT molecular complexity index is 580. The van der Waals surface area contributed by atoms with Gasteiger partial charge in [0.2, 0.25) is 15.9 Å². The summed E-state index contributed by atoms with van der Waals surface area (Å²) in [7, 11) is -3.38. The van der Waals surface area contributed by atoms with Gasteiger partial charge < -0.3 is 10.6 Å². The summed E-state index contributed by atoms with van der Waals surface area (Å²) >= 11 is 0. The van der Waals surface area contributed by atoms with Crippen molar-refractivity contribution in [3.05, 3.63) is 24.3 Å². The Balaban J connectivity index is 2.10. The van der Waals surface area contributed by atoms with Crippen molar-refractivity contribution in [1.29, 1.82) is 0 Å². The molecule has 20 heavy (non-hydrogen) atoms. The fourth-order valence-electron chi connectivity index (χ4n) is 2.18. The van der Waals surface area contributed by atoms with Crippen molar-refractivity contribution in [3.8, 4) is 0 Å². The minimum absolute atomic E-state index is 0.132. The fraction of sp³-hybridized carbons (Fsp3) is 0.462. The number of carbonyl (C=O) groups excluding carboxylic acids is 1. The number of sulfonamides is 1. The lowest BCUT2D eigenvalue weighted by Gasteiger charge is -2.23. The fourth-order valence-corrected chi connectivity index (χ4v) is 2.75. The standard InChI is InChI=1S/C13H19N3O3S/c1-20(18,19)16-11-7-3-2-6-10(11)15-13(17)12-8-4-5-9-14-12/h2-3,6-7,12,14,16H,4-5,8-9H2,1H3,(H,15,17)/t12-/m0/s1. The summed E-state index contributed by atoms with van der Waals surface area (Å²) in [5.41, 5.74) is 0.842. The maximum Gasteiger partial charge on any atom is 0.241 e. The van der Waals surface area contributed by atoms with Gasteiger partial charge in [-0.15, -0.1) is 0 Å². The summed E-state index contributed by atoms with van der Waals surface area (Å²) in [5.74, 6) is -0.132. The van der Waals surface area contributed by atoms with Gasteiger partial charge in [-0.3, -0.25) is 9.52 Å². The lowest BCUT2D eigenvalue weighted by molar-refractivity contribution is -0.118. The SMILES string of the molecule is CS(=O)(=O)Nc1ccccc1NC(=O)[C@@H]1CCCCN1. The first kappa shape index (κ1) is 14.8. The zero-order valence-corrected chi connectivity index (χ0v) is 12.2. The van der Waals surface area contributed by atoms with Crippen LogP contribution in [-0.4, -0.2) is 33.2 Å². The molecule has 0 radical (unpaired) electrons. The molecule has 1 atom stereocenters. The third kappa shape index (κ3) is 4.21. The van der Waals surface area contributed by atoms with Gasteiger partial charge in [-0.05, 0) is 31.5 Å². The number of benzene rings is 1. The van der Waals surface area contributed by atoms with Crippen LogP contribution in [0.5, 0.6) is 0 Å². The molecule has 0 unspecified atom stereocenters. The molecule has 1 fully saturated rings. The predicted molar refractivity (Wildman–Crippen MR) is 79.2 cm³/mol. The third-order valence-corrected chi connectivity index (χ3v) is 3.70. The summed E-state index contributed by atoms with van der Waals surface area (Å²) < 4.78 is 25.0. The van der Waals surface area contributed by atoms with Crippen LogP contribution in [0.3, 0.4) is 0 Å². The Kier molecular flexibility index (Phi) is 4.61. The summed E-state index contributed by atoms with van der Waals surface area (Å²) in [5, 5.41) is 5.93. The van der Waals surface area contributed by atoms with Crippen LogP contribution in [0.1, 0.15) is 19.3 Å². The Morgan fingerprint density at radius 3 is 2.55 bits per heavy atom. The van der Waals surface area contributed by atoms with Crippen LogP contribution < -0.4 is 15.4 Å². The maximum absolute atomic E-state index is 12.1. The smallest absolute Gasteiger partial charge is 0.241 e.